The van der Waals surface area contributed by atoms with Crippen molar-refractivity contribution in [3.8, 4) is 0 Å². The molecule has 1 amide bonds. The molecule has 0 aromatic carbocycles. The van der Waals surface area contributed by atoms with E-state index in [9.17, 15) is 4.79 Å². The molecule has 1 aromatic rings. The van der Waals surface area contributed by atoms with Gasteiger partial charge in [0.1, 0.15) is 0 Å². The minimum absolute atomic E-state index is 0.0531. The molecule has 1 N–H and O–H groups in total. The second-order valence-electron chi connectivity index (χ2n) is 5.10. The lowest BCUT2D eigenvalue weighted by atomic mass is 10.1. The van der Waals surface area contributed by atoms with Gasteiger partial charge in [-0.15, -0.1) is 0 Å². The molecule has 0 unspecified atom stereocenters. The molecular formula is C15H22N2O2. The minimum Gasteiger partial charge on any atom is -0.395 e. The van der Waals surface area contributed by atoms with Gasteiger partial charge >= 0.3 is 0 Å². The molecule has 1 saturated carbocycles. The lowest BCUT2D eigenvalue weighted by molar-refractivity contribution is -0.134. The Labute approximate surface area is 114 Å². The van der Waals surface area contributed by atoms with Crippen molar-refractivity contribution >= 4 is 5.91 Å². The molecule has 104 valence electrons. The SMILES string of the molecule is O=C(CCc1ccncc1)N(CCO)C1CCCC1. The first-order valence-electron chi connectivity index (χ1n) is 7.10. The molecule has 1 aliphatic rings. The number of aromatic nitrogens is 1. The number of hydrogen-bond donors (Lipinski definition) is 1. The number of aliphatic hydroxyl groups is 1. The molecule has 0 bridgehead atoms. The van der Waals surface area contributed by atoms with Crippen LogP contribution in [0.5, 0.6) is 0 Å². The van der Waals surface area contributed by atoms with Crippen LogP contribution < -0.4 is 0 Å². The summed E-state index contributed by atoms with van der Waals surface area (Å²) in [6.45, 7) is 0.525. The number of rotatable bonds is 6. The maximum Gasteiger partial charge on any atom is 0.223 e. The van der Waals surface area contributed by atoms with E-state index < -0.39 is 0 Å². The average molecular weight is 262 g/mol. The number of nitrogens with zero attached hydrogens (tertiary/aromatic N) is 2. The molecule has 1 aromatic heterocycles. The van der Waals surface area contributed by atoms with Gasteiger partial charge in [0, 0.05) is 31.4 Å². The van der Waals surface area contributed by atoms with Crippen LogP contribution in [0, 0.1) is 0 Å². The zero-order valence-electron chi connectivity index (χ0n) is 11.3. The number of amides is 1. The zero-order valence-corrected chi connectivity index (χ0v) is 11.3. The van der Waals surface area contributed by atoms with Crippen molar-refractivity contribution < 1.29 is 9.90 Å². The molecule has 0 radical (unpaired) electrons. The number of aliphatic hydroxyl groups excluding tert-OH is 1. The summed E-state index contributed by atoms with van der Waals surface area (Å²) < 4.78 is 0. The third-order valence-corrected chi connectivity index (χ3v) is 3.80. The molecule has 0 aliphatic heterocycles. The zero-order chi connectivity index (χ0) is 13.5. The van der Waals surface area contributed by atoms with Crippen LogP contribution >= 0.6 is 0 Å². The van der Waals surface area contributed by atoms with Crippen molar-refractivity contribution in [3.63, 3.8) is 0 Å². The first-order valence-corrected chi connectivity index (χ1v) is 7.10. The lowest BCUT2D eigenvalue weighted by Gasteiger charge is -2.28. The summed E-state index contributed by atoms with van der Waals surface area (Å²) in [6.07, 6.45) is 9.33. The van der Waals surface area contributed by atoms with E-state index in [-0.39, 0.29) is 12.5 Å². The van der Waals surface area contributed by atoms with E-state index in [2.05, 4.69) is 4.98 Å². The van der Waals surface area contributed by atoms with E-state index in [0.29, 0.717) is 19.0 Å². The summed E-state index contributed by atoms with van der Waals surface area (Å²) in [5.74, 6) is 0.165. The molecule has 4 heteroatoms. The number of pyridine rings is 1. The Morgan fingerprint density at radius 1 is 1.32 bits per heavy atom. The van der Waals surface area contributed by atoms with Gasteiger partial charge in [-0.05, 0) is 37.0 Å². The fourth-order valence-corrected chi connectivity index (χ4v) is 2.78. The molecule has 1 fully saturated rings. The largest absolute Gasteiger partial charge is 0.395 e. The van der Waals surface area contributed by atoms with Gasteiger partial charge in [-0.1, -0.05) is 12.8 Å². The van der Waals surface area contributed by atoms with Gasteiger partial charge in [-0.2, -0.15) is 0 Å². The predicted molar refractivity (Wildman–Crippen MR) is 73.6 cm³/mol. The quantitative estimate of drug-likeness (QED) is 0.850. The van der Waals surface area contributed by atoms with Crippen LogP contribution in [-0.4, -0.2) is 40.1 Å². The van der Waals surface area contributed by atoms with Crippen LogP contribution in [0.25, 0.3) is 0 Å². The van der Waals surface area contributed by atoms with Gasteiger partial charge in [0.2, 0.25) is 5.91 Å². The maximum absolute atomic E-state index is 12.3. The highest BCUT2D eigenvalue weighted by molar-refractivity contribution is 5.76. The van der Waals surface area contributed by atoms with E-state index in [1.165, 1.54) is 12.8 Å². The number of carbonyl (C=O) groups excluding carboxylic acids is 1. The second kappa shape index (κ2) is 7.24. The number of aryl methyl sites for hydroxylation is 1. The topological polar surface area (TPSA) is 53.4 Å². The Bertz CT molecular complexity index is 388. The van der Waals surface area contributed by atoms with Crippen molar-refractivity contribution in [2.45, 2.75) is 44.6 Å². The summed E-state index contributed by atoms with van der Waals surface area (Å²) >= 11 is 0. The molecule has 2 rings (SSSR count). The maximum atomic E-state index is 12.3. The molecule has 4 nitrogen and oxygen atoms in total. The van der Waals surface area contributed by atoms with Crippen LogP contribution in [0.15, 0.2) is 24.5 Å². The van der Waals surface area contributed by atoms with Crippen molar-refractivity contribution in [2.75, 3.05) is 13.2 Å². The van der Waals surface area contributed by atoms with Crippen LogP contribution in [-0.2, 0) is 11.2 Å². The standard InChI is InChI=1S/C15H22N2O2/c18-12-11-17(14-3-1-2-4-14)15(19)6-5-13-7-9-16-10-8-13/h7-10,14,18H,1-6,11-12H2. The molecule has 0 saturated heterocycles. The van der Waals surface area contributed by atoms with Crippen LogP contribution in [0.3, 0.4) is 0 Å². The van der Waals surface area contributed by atoms with Gasteiger partial charge < -0.3 is 10.0 Å². The highest BCUT2D eigenvalue weighted by Crippen LogP contribution is 2.24. The Morgan fingerprint density at radius 3 is 2.63 bits per heavy atom. The Morgan fingerprint density at radius 2 is 2.00 bits per heavy atom. The van der Waals surface area contributed by atoms with Crippen molar-refractivity contribution in [2.24, 2.45) is 0 Å². The summed E-state index contributed by atoms with van der Waals surface area (Å²) in [7, 11) is 0. The van der Waals surface area contributed by atoms with E-state index in [1.54, 1.807) is 12.4 Å². The van der Waals surface area contributed by atoms with E-state index in [4.69, 9.17) is 5.11 Å². The molecule has 19 heavy (non-hydrogen) atoms. The van der Waals surface area contributed by atoms with Gasteiger partial charge in [0.05, 0.1) is 6.61 Å². The van der Waals surface area contributed by atoms with Gasteiger partial charge in [0.15, 0.2) is 0 Å². The third kappa shape index (κ3) is 4.03. The second-order valence-corrected chi connectivity index (χ2v) is 5.10. The fourth-order valence-electron chi connectivity index (χ4n) is 2.78. The van der Waals surface area contributed by atoms with Gasteiger partial charge in [0.25, 0.3) is 0 Å². The number of carbonyl (C=O) groups is 1. The Hall–Kier alpha value is -1.42. The molecule has 0 spiro atoms. The monoisotopic (exact) mass is 262 g/mol. The molecule has 0 atom stereocenters. The van der Waals surface area contributed by atoms with Crippen molar-refractivity contribution in [3.05, 3.63) is 30.1 Å². The minimum atomic E-state index is 0.0531. The summed E-state index contributed by atoms with van der Waals surface area (Å²) in [6, 6.07) is 4.23. The smallest absolute Gasteiger partial charge is 0.223 e. The van der Waals surface area contributed by atoms with Gasteiger partial charge in [-0.3, -0.25) is 9.78 Å². The van der Waals surface area contributed by atoms with E-state index in [1.807, 2.05) is 17.0 Å². The van der Waals surface area contributed by atoms with Crippen LogP contribution in [0.1, 0.15) is 37.7 Å². The third-order valence-electron chi connectivity index (χ3n) is 3.80. The highest BCUT2D eigenvalue weighted by atomic mass is 16.3. The van der Waals surface area contributed by atoms with Gasteiger partial charge in [-0.25, -0.2) is 0 Å². The molecular weight excluding hydrogens is 240 g/mol. The Kier molecular flexibility index (Phi) is 5.33. The first kappa shape index (κ1) is 14.0. The van der Waals surface area contributed by atoms with E-state index >= 15 is 0 Å². The normalized spacial score (nSPS) is 15.6. The number of hydrogen-bond acceptors (Lipinski definition) is 3. The van der Waals surface area contributed by atoms with Crippen molar-refractivity contribution in [1.29, 1.82) is 0 Å². The highest BCUT2D eigenvalue weighted by Gasteiger charge is 2.25. The van der Waals surface area contributed by atoms with Crippen LogP contribution in [0.2, 0.25) is 0 Å². The average Bonchev–Trinajstić information content (AvgIpc) is 2.97. The Balaban J connectivity index is 1.88. The van der Waals surface area contributed by atoms with Crippen LogP contribution in [0.4, 0.5) is 0 Å². The fraction of sp³-hybridized carbons (Fsp3) is 0.600. The first-order chi connectivity index (χ1) is 9.31. The summed E-state index contributed by atoms with van der Waals surface area (Å²) in [5.41, 5.74) is 1.14. The summed E-state index contributed by atoms with van der Waals surface area (Å²) in [4.78, 5) is 18.1. The summed E-state index contributed by atoms with van der Waals surface area (Å²) in [5, 5.41) is 9.13. The predicted octanol–water partition coefficient (Wildman–Crippen LogP) is 1.78. The molecule has 1 aliphatic carbocycles. The van der Waals surface area contributed by atoms with Crippen molar-refractivity contribution in [1.82, 2.24) is 9.88 Å². The van der Waals surface area contributed by atoms with E-state index in [0.717, 1.165) is 24.8 Å². The lowest BCUT2D eigenvalue weighted by Crippen LogP contribution is -2.40. The molecule has 1 heterocycles.